The van der Waals surface area contributed by atoms with Crippen LogP contribution in [0.2, 0.25) is 0 Å². The second-order valence-electron chi connectivity index (χ2n) is 3.94. The van der Waals surface area contributed by atoms with Crippen LogP contribution < -0.4 is 5.32 Å². The molecule has 0 heterocycles. The van der Waals surface area contributed by atoms with Crippen molar-refractivity contribution in [2.24, 2.45) is 0 Å². The van der Waals surface area contributed by atoms with E-state index in [0.717, 1.165) is 12.3 Å². The fourth-order valence-electron chi connectivity index (χ4n) is 1.39. The maximum absolute atomic E-state index is 12.5. The lowest BCUT2D eigenvalue weighted by Crippen LogP contribution is -2.14. The van der Waals surface area contributed by atoms with Crippen molar-refractivity contribution in [3.8, 4) is 0 Å². The molecule has 1 rings (SSSR count). The van der Waals surface area contributed by atoms with Gasteiger partial charge in [-0.3, -0.25) is 14.3 Å². The van der Waals surface area contributed by atoms with Gasteiger partial charge in [-0.25, -0.2) is 0 Å². The van der Waals surface area contributed by atoms with Crippen molar-refractivity contribution >= 4 is 21.5 Å². The topological polar surface area (TPSA) is 98.5 Å². The molecule has 7 nitrogen and oxygen atoms in total. The molecule has 0 radical (unpaired) electrons. The molecular formula is C10H11F3N2O5S. The Kier molecular flexibility index (Phi) is 5.12. The van der Waals surface area contributed by atoms with E-state index in [0.29, 0.717) is 12.1 Å². The highest BCUT2D eigenvalue weighted by Crippen LogP contribution is 2.34. The van der Waals surface area contributed by atoms with Crippen LogP contribution in [0.4, 0.5) is 24.5 Å². The van der Waals surface area contributed by atoms with Crippen LogP contribution >= 0.6 is 0 Å². The van der Waals surface area contributed by atoms with E-state index in [9.17, 15) is 31.7 Å². The number of rotatable bonds is 6. The first-order valence-electron chi connectivity index (χ1n) is 5.44. The van der Waals surface area contributed by atoms with Gasteiger partial charge in [0.1, 0.15) is 5.69 Å². The van der Waals surface area contributed by atoms with E-state index in [1.165, 1.54) is 0 Å². The number of alkyl halides is 3. The smallest absolute Gasteiger partial charge is 0.377 e. The number of anilines is 1. The average Bonchev–Trinajstić information content (AvgIpc) is 2.32. The molecule has 11 heteroatoms. The van der Waals surface area contributed by atoms with Gasteiger partial charge in [-0.1, -0.05) is 0 Å². The molecule has 0 aromatic heterocycles. The Hall–Kier alpha value is -1.88. The number of hydrogen-bond acceptors (Lipinski definition) is 6. The third-order valence-electron chi connectivity index (χ3n) is 2.24. The second-order valence-corrected chi connectivity index (χ2v) is 5.58. The molecule has 0 fully saturated rings. The summed E-state index contributed by atoms with van der Waals surface area (Å²) in [5.74, 6) is 0. The Balaban J connectivity index is 2.85. The number of nitro groups is 1. The minimum Gasteiger partial charge on any atom is -0.377 e. The second kappa shape index (κ2) is 6.26. The van der Waals surface area contributed by atoms with E-state index >= 15 is 0 Å². The first-order valence-corrected chi connectivity index (χ1v) is 7.26. The molecule has 0 aliphatic heterocycles. The van der Waals surface area contributed by atoms with E-state index in [2.05, 4.69) is 9.50 Å². The SMILES string of the molecule is CS(=O)(=O)OCCNc1ccc(C(F)(F)F)cc1[N+](=O)[O-]. The summed E-state index contributed by atoms with van der Waals surface area (Å²) in [6.07, 6.45) is -3.86. The van der Waals surface area contributed by atoms with Crippen molar-refractivity contribution in [2.45, 2.75) is 6.18 Å². The Bertz CT molecular complexity index is 630. The summed E-state index contributed by atoms with van der Waals surface area (Å²) in [6.45, 7) is -0.434. The molecule has 0 unspecified atom stereocenters. The van der Waals surface area contributed by atoms with E-state index < -0.39 is 32.5 Å². The van der Waals surface area contributed by atoms with Crippen molar-refractivity contribution < 1.29 is 30.7 Å². The minimum atomic E-state index is -4.69. The quantitative estimate of drug-likeness (QED) is 0.371. The highest BCUT2D eigenvalue weighted by molar-refractivity contribution is 7.85. The molecule has 0 bridgehead atoms. The number of nitrogens with one attached hydrogen (secondary N) is 1. The van der Waals surface area contributed by atoms with Crippen LogP contribution in [0.15, 0.2) is 18.2 Å². The van der Waals surface area contributed by atoms with E-state index in [1.807, 2.05) is 0 Å². The zero-order valence-electron chi connectivity index (χ0n) is 10.7. The van der Waals surface area contributed by atoms with Crippen molar-refractivity contribution in [1.29, 1.82) is 0 Å². The fraction of sp³-hybridized carbons (Fsp3) is 0.400. The number of hydrogen-bond donors (Lipinski definition) is 1. The summed E-state index contributed by atoms with van der Waals surface area (Å²) in [5, 5.41) is 13.2. The molecule has 21 heavy (non-hydrogen) atoms. The predicted molar refractivity (Wildman–Crippen MR) is 67.4 cm³/mol. The van der Waals surface area contributed by atoms with Crippen LogP contribution in [0.1, 0.15) is 5.56 Å². The summed E-state index contributed by atoms with van der Waals surface area (Å²) in [4.78, 5) is 9.80. The van der Waals surface area contributed by atoms with E-state index in [1.54, 1.807) is 0 Å². The average molecular weight is 328 g/mol. The maximum Gasteiger partial charge on any atom is 0.416 e. The van der Waals surface area contributed by atoms with Gasteiger partial charge in [-0.15, -0.1) is 0 Å². The first-order chi connectivity index (χ1) is 9.50. The Labute approximate surface area is 118 Å². The number of benzene rings is 1. The molecule has 1 N–H and O–H groups in total. The van der Waals surface area contributed by atoms with Gasteiger partial charge in [0, 0.05) is 12.6 Å². The van der Waals surface area contributed by atoms with Crippen LogP contribution in [0.5, 0.6) is 0 Å². The lowest BCUT2D eigenvalue weighted by molar-refractivity contribution is -0.384. The standard InChI is InChI=1S/C10H11F3N2O5S/c1-21(18,19)20-5-4-14-8-3-2-7(10(11,12)13)6-9(8)15(16)17/h2-3,6,14H,4-5H2,1H3. The molecule has 0 spiro atoms. The highest BCUT2D eigenvalue weighted by atomic mass is 32.2. The van der Waals surface area contributed by atoms with Gasteiger partial charge in [-0.2, -0.15) is 21.6 Å². The van der Waals surface area contributed by atoms with E-state index in [4.69, 9.17) is 0 Å². The molecule has 118 valence electrons. The van der Waals surface area contributed by atoms with E-state index in [-0.39, 0.29) is 18.8 Å². The van der Waals surface area contributed by atoms with Gasteiger partial charge in [0.15, 0.2) is 0 Å². The third-order valence-corrected chi connectivity index (χ3v) is 2.83. The molecule has 1 aromatic carbocycles. The van der Waals surface area contributed by atoms with Crippen LogP contribution in [0, 0.1) is 10.1 Å². The normalized spacial score (nSPS) is 12.2. The van der Waals surface area contributed by atoms with Crippen LogP contribution in [0.25, 0.3) is 0 Å². The predicted octanol–water partition coefficient (Wildman–Crippen LogP) is 2.00. The van der Waals surface area contributed by atoms with Crippen molar-refractivity contribution in [3.05, 3.63) is 33.9 Å². The third kappa shape index (κ3) is 5.55. The summed E-state index contributed by atoms with van der Waals surface area (Å²) in [6, 6.07) is 1.99. The van der Waals surface area contributed by atoms with Crippen molar-refractivity contribution in [2.75, 3.05) is 24.7 Å². The van der Waals surface area contributed by atoms with Crippen LogP contribution in [-0.4, -0.2) is 32.7 Å². The fourth-order valence-corrected chi connectivity index (χ4v) is 1.77. The first kappa shape index (κ1) is 17.2. The molecular weight excluding hydrogens is 317 g/mol. The van der Waals surface area contributed by atoms with Crippen molar-refractivity contribution in [3.63, 3.8) is 0 Å². The molecule has 0 aliphatic rings. The Morgan fingerprint density at radius 1 is 1.38 bits per heavy atom. The van der Waals surface area contributed by atoms with Crippen LogP contribution in [0.3, 0.4) is 0 Å². The van der Waals surface area contributed by atoms with Gasteiger partial charge in [0.25, 0.3) is 15.8 Å². The van der Waals surface area contributed by atoms with Crippen molar-refractivity contribution in [1.82, 2.24) is 0 Å². The lowest BCUT2D eigenvalue weighted by atomic mass is 10.1. The van der Waals surface area contributed by atoms with Gasteiger partial charge in [0.2, 0.25) is 0 Å². The molecule has 0 saturated carbocycles. The van der Waals surface area contributed by atoms with Gasteiger partial charge < -0.3 is 5.32 Å². The maximum atomic E-state index is 12.5. The number of nitro benzene ring substituents is 1. The van der Waals surface area contributed by atoms with Gasteiger partial charge in [-0.05, 0) is 12.1 Å². The summed E-state index contributed by atoms with van der Waals surface area (Å²) >= 11 is 0. The molecule has 0 saturated heterocycles. The number of halogens is 3. The summed E-state index contributed by atoms with van der Waals surface area (Å²) in [5.41, 5.74) is -2.07. The zero-order chi connectivity index (χ0) is 16.3. The highest BCUT2D eigenvalue weighted by Gasteiger charge is 2.32. The summed E-state index contributed by atoms with van der Waals surface area (Å²) in [7, 11) is -3.65. The molecule has 1 aromatic rings. The lowest BCUT2D eigenvalue weighted by Gasteiger charge is -2.10. The van der Waals surface area contributed by atoms with Crippen LogP contribution in [-0.2, 0) is 20.5 Å². The monoisotopic (exact) mass is 328 g/mol. The Morgan fingerprint density at radius 2 is 2.00 bits per heavy atom. The molecule has 0 amide bonds. The largest absolute Gasteiger partial charge is 0.416 e. The zero-order valence-corrected chi connectivity index (χ0v) is 11.5. The minimum absolute atomic E-state index is 0.126. The number of nitrogens with zero attached hydrogens (tertiary/aromatic N) is 1. The molecule has 0 atom stereocenters. The summed E-state index contributed by atoms with van der Waals surface area (Å²) < 4.78 is 63.2. The molecule has 0 aliphatic carbocycles. The van der Waals surface area contributed by atoms with Gasteiger partial charge in [0.05, 0.1) is 23.3 Å². The van der Waals surface area contributed by atoms with Gasteiger partial charge >= 0.3 is 6.18 Å². The Morgan fingerprint density at radius 3 is 2.48 bits per heavy atom.